The van der Waals surface area contributed by atoms with Crippen molar-refractivity contribution in [3.05, 3.63) is 0 Å². The van der Waals surface area contributed by atoms with Crippen LogP contribution in [0, 0.1) is 0 Å². The van der Waals surface area contributed by atoms with Gasteiger partial charge in [-0.15, -0.1) is 0 Å². The van der Waals surface area contributed by atoms with Crippen LogP contribution in [0.5, 0.6) is 0 Å². The summed E-state index contributed by atoms with van der Waals surface area (Å²) >= 11 is 0. The number of hydrogen-bond donors (Lipinski definition) is 0. The molecule has 0 aromatic heterocycles. The van der Waals surface area contributed by atoms with Gasteiger partial charge in [0.15, 0.2) is 0 Å². The van der Waals surface area contributed by atoms with Crippen LogP contribution in [0.15, 0.2) is 0 Å². The van der Waals surface area contributed by atoms with Gasteiger partial charge in [0.2, 0.25) is 0 Å². The first-order valence-corrected chi connectivity index (χ1v) is 9.63. The lowest BCUT2D eigenvalue weighted by molar-refractivity contribution is -0.326. The highest BCUT2D eigenvalue weighted by atomic mass is 17.2. The van der Waals surface area contributed by atoms with E-state index < -0.39 is 0 Å². The Kier molecular flexibility index (Phi) is 17.9. The highest BCUT2D eigenvalue weighted by Gasteiger charge is 2.09. The van der Waals surface area contributed by atoms with Crippen molar-refractivity contribution in [2.24, 2.45) is 0 Å². The van der Waals surface area contributed by atoms with Crippen LogP contribution in [0.1, 0.15) is 111 Å². The zero-order valence-electron chi connectivity index (χ0n) is 15.0. The van der Waals surface area contributed by atoms with Gasteiger partial charge in [-0.05, 0) is 19.3 Å². The Balaban J connectivity index is 3.51. The normalized spacial score (nSPS) is 12.7. The van der Waals surface area contributed by atoms with E-state index in [-0.39, 0.29) is 0 Å². The summed E-state index contributed by atoms with van der Waals surface area (Å²) in [6, 6.07) is 0. The zero-order valence-corrected chi connectivity index (χ0v) is 15.0. The van der Waals surface area contributed by atoms with E-state index in [0.29, 0.717) is 6.10 Å². The van der Waals surface area contributed by atoms with Gasteiger partial charge < -0.3 is 0 Å². The summed E-state index contributed by atoms with van der Waals surface area (Å²) < 4.78 is 0. The molecule has 0 radical (unpaired) electrons. The number of rotatable bonds is 17. The molecule has 1 unspecified atom stereocenters. The van der Waals surface area contributed by atoms with E-state index in [1.165, 1.54) is 77.0 Å². The van der Waals surface area contributed by atoms with E-state index in [2.05, 4.69) is 20.8 Å². The van der Waals surface area contributed by atoms with Crippen LogP contribution in [0.3, 0.4) is 0 Å². The molecule has 0 aliphatic heterocycles. The second-order valence-electron chi connectivity index (χ2n) is 6.30. The maximum Gasteiger partial charge on any atom is 0.0930 e. The van der Waals surface area contributed by atoms with Crippen molar-refractivity contribution < 1.29 is 9.78 Å². The fourth-order valence-electron chi connectivity index (χ4n) is 2.53. The Morgan fingerprint density at radius 3 is 1.71 bits per heavy atom. The van der Waals surface area contributed by atoms with Crippen molar-refractivity contribution >= 4 is 0 Å². The molecule has 0 N–H and O–H groups in total. The van der Waals surface area contributed by atoms with E-state index in [1.54, 1.807) is 0 Å². The minimum atomic E-state index is 0.321. The Labute approximate surface area is 133 Å². The summed E-state index contributed by atoms with van der Waals surface area (Å²) in [5.41, 5.74) is 0. The third-order valence-electron chi connectivity index (χ3n) is 4.04. The molecule has 0 aromatic rings. The van der Waals surface area contributed by atoms with Crippen LogP contribution >= 0.6 is 0 Å². The highest BCUT2D eigenvalue weighted by Crippen LogP contribution is 2.16. The first-order valence-electron chi connectivity index (χ1n) is 9.63. The summed E-state index contributed by atoms with van der Waals surface area (Å²) in [6.07, 6.45) is 18.4. The average Bonchev–Trinajstić information content (AvgIpc) is 2.50. The molecule has 0 bridgehead atoms. The van der Waals surface area contributed by atoms with Crippen LogP contribution in [-0.2, 0) is 9.78 Å². The van der Waals surface area contributed by atoms with Gasteiger partial charge in [-0.3, -0.25) is 0 Å². The van der Waals surface area contributed by atoms with Gasteiger partial charge in [0.05, 0.1) is 12.7 Å². The van der Waals surface area contributed by atoms with E-state index in [9.17, 15) is 0 Å². The second-order valence-corrected chi connectivity index (χ2v) is 6.30. The Morgan fingerprint density at radius 2 is 1.10 bits per heavy atom. The van der Waals surface area contributed by atoms with Crippen molar-refractivity contribution in [3.63, 3.8) is 0 Å². The molecule has 0 spiro atoms. The van der Waals surface area contributed by atoms with Crippen LogP contribution in [0.2, 0.25) is 0 Å². The molecule has 0 aliphatic carbocycles. The molecule has 0 amide bonds. The monoisotopic (exact) mass is 300 g/mol. The average molecular weight is 301 g/mol. The lowest BCUT2D eigenvalue weighted by Crippen LogP contribution is -2.14. The Hall–Kier alpha value is -0.0800. The fraction of sp³-hybridized carbons (Fsp3) is 1.00. The van der Waals surface area contributed by atoms with Crippen LogP contribution in [0.25, 0.3) is 0 Å². The van der Waals surface area contributed by atoms with Gasteiger partial charge in [0, 0.05) is 0 Å². The van der Waals surface area contributed by atoms with Crippen molar-refractivity contribution in [2.75, 3.05) is 6.61 Å². The van der Waals surface area contributed by atoms with Crippen molar-refractivity contribution in [3.8, 4) is 0 Å². The summed E-state index contributed by atoms with van der Waals surface area (Å²) in [6.45, 7) is 7.44. The third kappa shape index (κ3) is 16.1. The van der Waals surface area contributed by atoms with Gasteiger partial charge in [-0.2, -0.15) is 0 Å². The molecule has 0 aliphatic rings. The SMILES string of the molecule is CCCCCCCCCCC(CCCC)OOCCCC. The van der Waals surface area contributed by atoms with Gasteiger partial charge >= 0.3 is 0 Å². The van der Waals surface area contributed by atoms with Crippen LogP contribution in [0.4, 0.5) is 0 Å². The largest absolute Gasteiger partial charge is 0.236 e. The van der Waals surface area contributed by atoms with E-state index in [4.69, 9.17) is 9.78 Å². The minimum absolute atomic E-state index is 0.321. The van der Waals surface area contributed by atoms with Gasteiger partial charge in [-0.25, -0.2) is 9.78 Å². The molecule has 128 valence electrons. The van der Waals surface area contributed by atoms with E-state index >= 15 is 0 Å². The lowest BCUT2D eigenvalue weighted by atomic mass is 10.0. The molecule has 0 saturated heterocycles. The maximum atomic E-state index is 5.61. The summed E-state index contributed by atoms with van der Waals surface area (Å²) in [5.74, 6) is 0. The van der Waals surface area contributed by atoms with Crippen molar-refractivity contribution in [1.82, 2.24) is 0 Å². The molecular formula is C19H40O2. The standard InChI is InChI=1S/C19H40O2/c1-4-7-10-11-12-13-14-15-17-19(16-8-5-2)21-20-18-9-6-3/h19H,4-18H2,1-3H3. The topological polar surface area (TPSA) is 18.5 Å². The first-order chi connectivity index (χ1) is 10.3. The Bertz CT molecular complexity index is 182. The molecular weight excluding hydrogens is 260 g/mol. The predicted molar refractivity (Wildman–Crippen MR) is 92.5 cm³/mol. The third-order valence-corrected chi connectivity index (χ3v) is 4.04. The Morgan fingerprint density at radius 1 is 0.571 bits per heavy atom. The zero-order chi connectivity index (χ0) is 15.6. The summed E-state index contributed by atoms with van der Waals surface area (Å²) in [5, 5.41) is 0. The van der Waals surface area contributed by atoms with E-state index in [1.807, 2.05) is 0 Å². The predicted octanol–water partition coefficient (Wildman–Crippen LogP) is 6.82. The second kappa shape index (κ2) is 18.0. The maximum absolute atomic E-state index is 5.61. The minimum Gasteiger partial charge on any atom is -0.236 e. The highest BCUT2D eigenvalue weighted by molar-refractivity contribution is 4.57. The van der Waals surface area contributed by atoms with Crippen LogP contribution < -0.4 is 0 Å². The molecule has 0 aromatic carbocycles. The lowest BCUT2D eigenvalue weighted by Gasteiger charge is -2.16. The molecule has 0 saturated carbocycles. The number of hydrogen-bond acceptors (Lipinski definition) is 2. The van der Waals surface area contributed by atoms with Crippen molar-refractivity contribution in [2.45, 2.75) is 117 Å². The molecule has 2 nitrogen and oxygen atoms in total. The first kappa shape index (κ1) is 20.9. The molecule has 0 heterocycles. The summed E-state index contributed by atoms with van der Waals surface area (Å²) in [7, 11) is 0. The smallest absolute Gasteiger partial charge is 0.0930 e. The van der Waals surface area contributed by atoms with E-state index in [0.717, 1.165) is 19.4 Å². The molecule has 21 heavy (non-hydrogen) atoms. The molecule has 2 heteroatoms. The van der Waals surface area contributed by atoms with Gasteiger partial charge in [-0.1, -0.05) is 91.4 Å². The quantitative estimate of drug-likeness (QED) is 0.167. The fourth-order valence-corrected chi connectivity index (χ4v) is 2.53. The van der Waals surface area contributed by atoms with Gasteiger partial charge in [0.25, 0.3) is 0 Å². The molecule has 0 fully saturated rings. The molecule has 1 atom stereocenters. The summed E-state index contributed by atoms with van der Waals surface area (Å²) in [4.78, 5) is 11.0. The van der Waals surface area contributed by atoms with Crippen LogP contribution in [-0.4, -0.2) is 12.7 Å². The van der Waals surface area contributed by atoms with Gasteiger partial charge in [0.1, 0.15) is 0 Å². The molecule has 0 rings (SSSR count). The van der Waals surface area contributed by atoms with Crippen molar-refractivity contribution in [1.29, 1.82) is 0 Å². The number of unbranched alkanes of at least 4 members (excludes halogenated alkanes) is 9.